The smallest absolute Gasteiger partial charge is 0.189 e. The molecule has 0 fully saturated rings. The zero-order valence-electron chi connectivity index (χ0n) is 13.1. The first-order valence-corrected chi connectivity index (χ1v) is 7.84. The molecule has 4 N–H and O–H groups in total. The number of hydrazine groups is 1. The van der Waals surface area contributed by atoms with E-state index in [2.05, 4.69) is 21.5 Å². The molecule has 0 spiro atoms. The lowest BCUT2D eigenvalue weighted by atomic mass is 10.2. The maximum atomic E-state index is 13.5. The molecule has 5 nitrogen and oxygen atoms in total. The van der Waals surface area contributed by atoms with E-state index in [-0.39, 0.29) is 10.9 Å². The highest BCUT2D eigenvalue weighted by Gasteiger charge is 2.05. The second-order valence-corrected chi connectivity index (χ2v) is 5.64. The Morgan fingerprint density at radius 3 is 2.33 bits per heavy atom. The monoisotopic (exact) mass is 364 g/mol. The van der Waals surface area contributed by atoms with Gasteiger partial charge in [-0.05, 0) is 61.2 Å². The van der Waals surface area contributed by atoms with Crippen LogP contribution in [0.1, 0.15) is 5.56 Å². The second kappa shape index (κ2) is 8.42. The number of ether oxygens (including phenoxy) is 1. The topological polar surface area (TPSA) is 57.4 Å². The van der Waals surface area contributed by atoms with Crippen molar-refractivity contribution in [3.63, 3.8) is 0 Å². The molecule has 0 aliphatic rings. The zero-order chi connectivity index (χ0) is 17.5. The molecule has 2 rings (SSSR count). The molecule has 0 radical (unpaired) electrons. The van der Waals surface area contributed by atoms with Crippen molar-refractivity contribution in [1.82, 2.24) is 10.9 Å². The van der Waals surface area contributed by atoms with Gasteiger partial charge in [0.25, 0.3) is 0 Å². The maximum Gasteiger partial charge on any atom is 0.189 e. The van der Waals surface area contributed by atoms with Crippen LogP contribution in [-0.4, -0.2) is 17.3 Å². The van der Waals surface area contributed by atoms with E-state index in [0.29, 0.717) is 22.1 Å². The van der Waals surface area contributed by atoms with E-state index >= 15 is 0 Å². The van der Waals surface area contributed by atoms with Crippen LogP contribution in [-0.2, 0) is 0 Å². The van der Waals surface area contributed by atoms with E-state index in [4.69, 9.17) is 29.2 Å². The lowest BCUT2D eigenvalue weighted by Crippen LogP contribution is -2.45. The third-order valence-electron chi connectivity index (χ3n) is 3.07. The van der Waals surface area contributed by atoms with E-state index in [0.717, 1.165) is 5.69 Å². The first kappa shape index (κ1) is 17.9. The van der Waals surface area contributed by atoms with Crippen LogP contribution in [0.15, 0.2) is 42.5 Å². The minimum Gasteiger partial charge on any atom is -0.495 e. The molecule has 0 aliphatic heterocycles. The highest BCUT2D eigenvalue weighted by Crippen LogP contribution is 2.22. The fourth-order valence-electron chi connectivity index (χ4n) is 1.85. The molecule has 2 aromatic rings. The van der Waals surface area contributed by atoms with Crippen molar-refractivity contribution in [2.24, 2.45) is 0 Å². The Balaban J connectivity index is 1.84. The van der Waals surface area contributed by atoms with Gasteiger partial charge in [-0.2, -0.15) is 0 Å². The minimum absolute atomic E-state index is 0.252. The van der Waals surface area contributed by atoms with Crippen LogP contribution in [0, 0.1) is 12.7 Å². The molecule has 2 aromatic carbocycles. The van der Waals surface area contributed by atoms with Gasteiger partial charge in [0.1, 0.15) is 11.6 Å². The number of hydrogen-bond donors (Lipinski definition) is 4. The highest BCUT2D eigenvalue weighted by molar-refractivity contribution is 7.81. The first-order valence-electron chi connectivity index (χ1n) is 7.02. The Morgan fingerprint density at radius 1 is 1.00 bits per heavy atom. The average molecular weight is 364 g/mol. The summed E-state index contributed by atoms with van der Waals surface area (Å²) in [5, 5.41) is 6.40. The molecule has 0 unspecified atom stereocenters. The summed E-state index contributed by atoms with van der Waals surface area (Å²) in [5.74, 6) is 0.363. The van der Waals surface area contributed by atoms with Crippen LogP contribution in [0.4, 0.5) is 15.8 Å². The van der Waals surface area contributed by atoms with Crippen LogP contribution in [0.2, 0.25) is 0 Å². The fourth-order valence-corrected chi connectivity index (χ4v) is 2.18. The summed E-state index contributed by atoms with van der Waals surface area (Å²) in [6.45, 7) is 1.69. The molecule has 8 heteroatoms. The number of aryl methyl sites for hydroxylation is 1. The number of thiocarbonyl (C=S) groups is 2. The molecule has 0 amide bonds. The van der Waals surface area contributed by atoms with Gasteiger partial charge in [0.05, 0.1) is 12.8 Å². The SMILES string of the molecule is COc1ccccc1NC(=S)NNC(=S)Nc1ccc(C)c(F)c1. The van der Waals surface area contributed by atoms with Crippen LogP contribution in [0.25, 0.3) is 0 Å². The number of anilines is 2. The Kier molecular flexibility index (Phi) is 6.28. The number of para-hydroxylation sites is 2. The van der Waals surface area contributed by atoms with Gasteiger partial charge < -0.3 is 15.4 Å². The van der Waals surface area contributed by atoms with Crippen molar-refractivity contribution >= 4 is 46.0 Å². The van der Waals surface area contributed by atoms with Crippen LogP contribution in [0.3, 0.4) is 0 Å². The molecular formula is C16H17FN4OS2. The predicted octanol–water partition coefficient (Wildman–Crippen LogP) is 3.33. The molecule has 0 aliphatic carbocycles. The van der Waals surface area contributed by atoms with Crippen molar-refractivity contribution in [3.8, 4) is 5.75 Å². The van der Waals surface area contributed by atoms with Crippen molar-refractivity contribution in [3.05, 3.63) is 53.8 Å². The molecule has 0 saturated heterocycles. The third-order valence-corrected chi connectivity index (χ3v) is 3.48. The summed E-state index contributed by atoms with van der Waals surface area (Å²) in [5.41, 5.74) is 7.30. The van der Waals surface area contributed by atoms with E-state index in [1.165, 1.54) is 6.07 Å². The van der Waals surface area contributed by atoms with Crippen molar-refractivity contribution < 1.29 is 9.13 Å². The first-order chi connectivity index (χ1) is 11.5. The number of nitrogens with one attached hydrogen (secondary N) is 4. The largest absolute Gasteiger partial charge is 0.495 e. The summed E-state index contributed by atoms with van der Waals surface area (Å²) in [6.07, 6.45) is 0. The van der Waals surface area contributed by atoms with Crippen LogP contribution < -0.4 is 26.2 Å². The number of methoxy groups -OCH3 is 1. The van der Waals surface area contributed by atoms with Gasteiger partial charge in [-0.25, -0.2) is 4.39 Å². The predicted molar refractivity (Wildman–Crippen MR) is 103 cm³/mol. The quantitative estimate of drug-likeness (QED) is 0.492. The number of hydrogen-bond acceptors (Lipinski definition) is 3. The van der Waals surface area contributed by atoms with Gasteiger partial charge in [-0.15, -0.1) is 0 Å². The fraction of sp³-hybridized carbons (Fsp3) is 0.125. The number of halogens is 1. The summed E-state index contributed by atoms with van der Waals surface area (Å²) < 4.78 is 18.7. The molecule has 126 valence electrons. The van der Waals surface area contributed by atoms with Gasteiger partial charge >= 0.3 is 0 Å². The normalized spacial score (nSPS) is 9.79. The van der Waals surface area contributed by atoms with Gasteiger partial charge in [0.15, 0.2) is 10.2 Å². The Morgan fingerprint density at radius 2 is 1.67 bits per heavy atom. The van der Waals surface area contributed by atoms with Gasteiger partial charge in [-0.1, -0.05) is 18.2 Å². The van der Waals surface area contributed by atoms with Crippen molar-refractivity contribution in [2.75, 3.05) is 17.7 Å². The zero-order valence-corrected chi connectivity index (χ0v) is 14.8. The Bertz CT molecular complexity index is 755. The van der Waals surface area contributed by atoms with Crippen molar-refractivity contribution in [2.45, 2.75) is 6.92 Å². The molecule has 0 saturated carbocycles. The molecule has 24 heavy (non-hydrogen) atoms. The van der Waals surface area contributed by atoms with Gasteiger partial charge in [-0.3, -0.25) is 10.9 Å². The second-order valence-electron chi connectivity index (χ2n) is 4.82. The highest BCUT2D eigenvalue weighted by atomic mass is 32.1. The van der Waals surface area contributed by atoms with Gasteiger partial charge in [0.2, 0.25) is 0 Å². The molecule has 0 bridgehead atoms. The van der Waals surface area contributed by atoms with Crippen molar-refractivity contribution in [1.29, 1.82) is 0 Å². The molecule has 0 aromatic heterocycles. The van der Waals surface area contributed by atoms with E-state index in [1.54, 1.807) is 26.2 Å². The third kappa shape index (κ3) is 5.04. The summed E-state index contributed by atoms with van der Waals surface area (Å²) >= 11 is 10.3. The Hall–Kier alpha value is -2.45. The maximum absolute atomic E-state index is 13.5. The molecule has 0 heterocycles. The molecule has 0 atom stereocenters. The lowest BCUT2D eigenvalue weighted by molar-refractivity contribution is 0.417. The Labute approximate surface area is 150 Å². The molecular weight excluding hydrogens is 347 g/mol. The van der Waals surface area contributed by atoms with Gasteiger partial charge in [0, 0.05) is 5.69 Å². The van der Waals surface area contributed by atoms with Crippen LogP contribution in [0.5, 0.6) is 5.75 Å². The van der Waals surface area contributed by atoms with E-state index in [9.17, 15) is 4.39 Å². The van der Waals surface area contributed by atoms with Crippen LogP contribution >= 0.6 is 24.4 Å². The average Bonchev–Trinajstić information content (AvgIpc) is 2.57. The minimum atomic E-state index is -0.302. The van der Waals surface area contributed by atoms with E-state index < -0.39 is 0 Å². The number of benzene rings is 2. The summed E-state index contributed by atoms with van der Waals surface area (Å²) in [6, 6.07) is 12.1. The number of rotatable bonds is 3. The van der Waals surface area contributed by atoms with E-state index in [1.807, 2.05) is 24.3 Å². The summed E-state index contributed by atoms with van der Waals surface area (Å²) in [4.78, 5) is 0. The summed E-state index contributed by atoms with van der Waals surface area (Å²) in [7, 11) is 1.58. The standard InChI is InChI=1S/C16H17FN4OS2/c1-10-7-8-11(9-12(10)17)18-15(23)20-21-16(24)19-13-5-3-4-6-14(13)22-2/h3-9H,1-2H3,(H2,18,20,23)(H2,19,21,24). The lowest BCUT2D eigenvalue weighted by Gasteiger charge is -2.15.